The van der Waals surface area contributed by atoms with Crippen molar-refractivity contribution in [1.29, 1.82) is 0 Å². The normalized spacial score (nSPS) is 14.5. The zero-order chi connectivity index (χ0) is 24.8. The van der Waals surface area contributed by atoms with E-state index in [4.69, 9.17) is 22.1 Å². The number of anilines is 2. The van der Waals surface area contributed by atoms with Crippen molar-refractivity contribution in [3.05, 3.63) is 88.7 Å². The summed E-state index contributed by atoms with van der Waals surface area (Å²) in [6.07, 6.45) is 2.28. The number of halogens is 2. The number of nitrogens with zero attached hydrogens (tertiary/aromatic N) is 1. The van der Waals surface area contributed by atoms with Crippen molar-refractivity contribution in [2.75, 3.05) is 23.4 Å². The molecule has 3 aromatic rings. The van der Waals surface area contributed by atoms with Crippen LogP contribution in [0, 0.1) is 5.82 Å². The molecule has 1 heterocycles. The second-order valence-corrected chi connectivity index (χ2v) is 8.80. The fourth-order valence-electron chi connectivity index (χ4n) is 4.10. The molecule has 0 saturated carbocycles. The summed E-state index contributed by atoms with van der Waals surface area (Å²) < 4.78 is 20.5. The van der Waals surface area contributed by atoms with E-state index < -0.39 is 17.6 Å². The Bertz CT molecular complexity index is 1220. The Labute approximate surface area is 208 Å². The van der Waals surface area contributed by atoms with Crippen molar-refractivity contribution in [3.63, 3.8) is 0 Å². The molecule has 2 amide bonds. The highest BCUT2D eigenvalue weighted by atomic mass is 35.5. The molecule has 0 radical (unpaired) electrons. The van der Waals surface area contributed by atoms with Gasteiger partial charge in [0.25, 0.3) is 0 Å². The Hall–Kier alpha value is -3.42. The van der Waals surface area contributed by atoms with Gasteiger partial charge in [-0.05, 0) is 54.8 Å². The van der Waals surface area contributed by atoms with Crippen molar-refractivity contribution in [1.82, 2.24) is 0 Å². The van der Waals surface area contributed by atoms with Crippen molar-refractivity contribution in [2.24, 2.45) is 5.73 Å². The third kappa shape index (κ3) is 5.99. The average molecular weight is 496 g/mol. The lowest BCUT2D eigenvalue weighted by Gasteiger charge is -2.28. The lowest BCUT2D eigenvalue weighted by molar-refractivity contribution is -0.119. The minimum atomic E-state index is -0.917. The highest BCUT2D eigenvalue weighted by molar-refractivity contribution is 6.34. The summed E-state index contributed by atoms with van der Waals surface area (Å²) in [6, 6.07) is 18.4. The third-order valence-electron chi connectivity index (χ3n) is 5.98. The van der Waals surface area contributed by atoms with Gasteiger partial charge in [0.1, 0.15) is 24.1 Å². The minimum Gasteiger partial charge on any atom is -0.492 e. The van der Waals surface area contributed by atoms with E-state index >= 15 is 0 Å². The fraction of sp³-hybridized carbons (Fsp3) is 0.259. The molecule has 1 aliphatic rings. The van der Waals surface area contributed by atoms with E-state index in [0.29, 0.717) is 41.7 Å². The van der Waals surface area contributed by atoms with Crippen LogP contribution in [0.5, 0.6) is 5.75 Å². The Kier molecular flexibility index (Phi) is 8.00. The highest BCUT2D eigenvalue weighted by Gasteiger charge is 2.26. The quantitative estimate of drug-likeness (QED) is 0.446. The summed E-state index contributed by atoms with van der Waals surface area (Å²) >= 11 is 6.46. The van der Waals surface area contributed by atoms with Crippen LogP contribution in [-0.2, 0) is 16.1 Å². The monoisotopic (exact) mass is 495 g/mol. The van der Waals surface area contributed by atoms with Crippen LogP contribution in [0.1, 0.15) is 36.3 Å². The molecule has 0 bridgehead atoms. The van der Waals surface area contributed by atoms with Gasteiger partial charge in [0.05, 0.1) is 10.7 Å². The molecule has 1 atom stereocenters. The lowest BCUT2D eigenvalue weighted by atomic mass is 9.98. The molecule has 4 rings (SSSR count). The van der Waals surface area contributed by atoms with Gasteiger partial charge < -0.3 is 20.7 Å². The number of carbonyl (C=O) groups excluding carboxylic acids is 2. The fourth-order valence-corrected chi connectivity index (χ4v) is 4.38. The van der Waals surface area contributed by atoms with Crippen LogP contribution in [-0.4, -0.2) is 25.0 Å². The molecule has 3 N–H and O–H groups in total. The van der Waals surface area contributed by atoms with Gasteiger partial charge in [-0.2, -0.15) is 0 Å². The second-order valence-electron chi connectivity index (χ2n) is 8.39. The molecule has 3 aromatic carbocycles. The van der Waals surface area contributed by atoms with Gasteiger partial charge in [0, 0.05) is 30.8 Å². The van der Waals surface area contributed by atoms with Crippen LogP contribution < -0.4 is 20.7 Å². The molecule has 6 nitrogen and oxygen atoms in total. The first-order chi connectivity index (χ1) is 17.0. The maximum atomic E-state index is 14.6. The summed E-state index contributed by atoms with van der Waals surface area (Å²) in [6.45, 7) is 0.894. The maximum Gasteiger partial charge on any atom is 0.235 e. The second kappa shape index (κ2) is 11.3. The zero-order valence-electron chi connectivity index (χ0n) is 19.2. The van der Waals surface area contributed by atoms with Crippen LogP contribution in [0.15, 0.2) is 66.7 Å². The van der Waals surface area contributed by atoms with Gasteiger partial charge in [-0.3, -0.25) is 9.59 Å². The molecule has 0 aliphatic carbocycles. The van der Waals surface area contributed by atoms with Crippen LogP contribution >= 0.6 is 11.6 Å². The van der Waals surface area contributed by atoms with E-state index in [2.05, 4.69) is 5.32 Å². The van der Waals surface area contributed by atoms with Crippen molar-refractivity contribution in [2.45, 2.75) is 31.7 Å². The summed E-state index contributed by atoms with van der Waals surface area (Å²) in [7, 11) is 0. The van der Waals surface area contributed by atoms with Crippen molar-refractivity contribution in [3.8, 4) is 5.75 Å². The minimum absolute atomic E-state index is 0.0328. The largest absolute Gasteiger partial charge is 0.492 e. The predicted octanol–water partition coefficient (Wildman–Crippen LogP) is 5.26. The van der Waals surface area contributed by atoms with Gasteiger partial charge in [-0.1, -0.05) is 41.9 Å². The van der Waals surface area contributed by atoms with E-state index in [1.807, 2.05) is 12.1 Å². The average Bonchev–Trinajstić information content (AvgIpc) is 2.86. The number of ether oxygens (including phenoxy) is 1. The topological polar surface area (TPSA) is 84.7 Å². The van der Waals surface area contributed by atoms with Crippen molar-refractivity contribution >= 4 is 34.8 Å². The van der Waals surface area contributed by atoms with Crippen molar-refractivity contribution < 1.29 is 18.7 Å². The number of piperidine rings is 1. The molecule has 0 spiro atoms. The number of amides is 2. The summed E-state index contributed by atoms with van der Waals surface area (Å²) in [5.74, 6) is -1.28. The molecule has 35 heavy (non-hydrogen) atoms. The number of benzene rings is 3. The molecule has 8 heteroatoms. The van der Waals surface area contributed by atoms with E-state index in [1.54, 1.807) is 53.4 Å². The molecule has 0 aromatic heterocycles. The smallest absolute Gasteiger partial charge is 0.235 e. The van der Waals surface area contributed by atoms with Gasteiger partial charge in [-0.15, -0.1) is 0 Å². The molecule has 1 aliphatic heterocycles. The number of carbonyl (C=O) groups is 2. The molecule has 1 unspecified atom stereocenters. The van der Waals surface area contributed by atoms with Gasteiger partial charge in [0.15, 0.2) is 0 Å². The third-order valence-corrected chi connectivity index (χ3v) is 6.28. The molecule has 1 fully saturated rings. The van der Waals surface area contributed by atoms with Crippen LogP contribution in [0.25, 0.3) is 0 Å². The van der Waals surface area contributed by atoms with E-state index in [-0.39, 0.29) is 18.1 Å². The van der Waals surface area contributed by atoms with Gasteiger partial charge in [0.2, 0.25) is 11.8 Å². The molecule has 182 valence electrons. The first-order valence-corrected chi connectivity index (χ1v) is 11.9. The number of nitrogens with two attached hydrogens (primary N) is 1. The first kappa shape index (κ1) is 24.7. The number of nitrogens with one attached hydrogen (secondary N) is 1. The number of hydrogen-bond donors (Lipinski definition) is 2. The Morgan fingerprint density at radius 2 is 1.94 bits per heavy atom. The lowest BCUT2D eigenvalue weighted by Crippen LogP contribution is -2.35. The Morgan fingerprint density at radius 3 is 2.69 bits per heavy atom. The Morgan fingerprint density at radius 1 is 1.11 bits per heavy atom. The number of hydrogen-bond acceptors (Lipinski definition) is 4. The van der Waals surface area contributed by atoms with E-state index in [0.717, 1.165) is 18.4 Å². The number of rotatable bonds is 8. The van der Waals surface area contributed by atoms with Crippen LogP contribution in [0.3, 0.4) is 0 Å². The predicted molar refractivity (Wildman–Crippen MR) is 135 cm³/mol. The van der Waals surface area contributed by atoms with Crippen LogP contribution in [0.4, 0.5) is 15.8 Å². The standard InChI is InChI=1S/C27H27ClFN3O3/c28-23-15-19(11-12-25(23)32-13-4-3-10-26(32)33)31-27(34)22(21-8-1-2-9-24(21)29)17-35-20-7-5-6-18(14-20)16-30/h1-2,5-9,11-12,14-15,22H,3-4,10,13,16-17,30H2,(H,31,34). The molecular weight excluding hydrogens is 469 g/mol. The summed E-state index contributed by atoms with van der Waals surface area (Å²) in [5.41, 5.74) is 7.86. The maximum absolute atomic E-state index is 14.6. The van der Waals surface area contributed by atoms with E-state index in [9.17, 15) is 14.0 Å². The zero-order valence-corrected chi connectivity index (χ0v) is 19.9. The summed E-state index contributed by atoms with van der Waals surface area (Å²) in [5, 5.41) is 3.17. The Balaban J connectivity index is 1.53. The molecular formula is C27H27ClFN3O3. The first-order valence-electron chi connectivity index (χ1n) is 11.5. The van der Waals surface area contributed by atoms with Gasteiger partial charge in [-0.25, -0.2) is 4.39 Å². The van der Waals surface area contributed by atoms with Gasteiger partial charge >= 0.3 is 0 Å². The highest BCUT2D eigenvalue weighted by Crippen LogP contribution is 2.32. The van der Waals surface area contributed by atoms with E-state index in [1.165, 1.54) is 6.07 Å². The van der Waals surface area contributed by atoms with Crippen LogP contribution in [0.2, 0.25) is 5.02 Å². The summed E-state index contributed by atoms with van der Waals surface area (Å²) in [4.78, 5) is 27.2. The SMILES string of the molecule is NCc1cccc(OCC(C(=O)Nc2ccc(N3CCCCC3=O)c(Cl)c2)c2ccccc2F)c1. The molecule has 1 saturated heterocycles.